The van der Waals surface area contributed by atoms with Crippen LogP contribution in [-0.2, 0) is 28.6 Å². The predicted molar refractivity (Wildman–Crippen MR) is 326 cm³/mol. The molecule has 6 heteroatoms. The summed E-state index contributed by atoms with van der Waals surface area (Å²) in [6.07, 6.45) is 66.8. The van der Waals surface area contributed by atoms with Crippen LogP contribution in [0.5, 0.6) is 0 Å². The highest BCUT2D eigenvalue weighted by Crippen LogP contribution is 2.20. The van der Waals surface area contributed by atoms with Gasteiger partial charge in [-0.05, 0) is 37.0 Å². The molecule has 0 aromatic rings. The number of hydrogen-bond donors (Lipinski definition) is 0. The third-order valence-corrected chi connectivity index (χ3v) is 16.3. The summed E-state index contributed by atoms with van der Waals surface area (Å²) in [7, 11) is 0. The molecule has 2 atom stereocenters. The van der Waals surface area contributed by atoms with E-state index >= 15 is 0 Å². The second-order valence-electron chi connectivity index (χ2n) is 25.0. The highest BCUT2D eigenvalue weighted by molar-refractivity contribution is 5.71. The normalized spacial score (nSPS) is 12.5. The Bertz CT molecular complexity index is 1170. The molecular formula is C69H134O6. The van der Waals surface area contributed by atoms with Gasteiger partial charge in [0.05, 0.1) is 0 Å². The molecule has 1 unspecified atom stereocenters. The Hall–Kier alpha value is -1.59. The van der Waals surface area contributed by atoms with Crippen LogP contribution >= 0.6 is 0 Å². The van der Waals surface area contributed by atoms with Crippen LogP contribution in [0.1, 0.15) is 388 Å². The number of rotatable bonds is 62. The molecule has 0 rings (SSSR count). The lowest BCUT2D eigenvalue weighted by Crippen LogP contribution is -2.30. The molecule has 6 nitrogen and oxygen atoms in total. The van der Waals surface area contributed by atoms with Gasteiger partial charge in [-0.3, -0.25) is 14.4 Å². The second-order valence-corrected chi connectivity index (χ2v) is 25.0. The first-order valence-corrected chi connectivity index (χ1v) is 34.1. The predicted octanol–water partition coefficient (Wildman–Crippen LogP) is 23.0. The van der Waals surface area contributed by atoms with E-state index in [9.17, 15) is 14.4 Å². The maximum Gasteiger partial charge on any atom is 0.306 e. The summed E-state index contributed by atoms with van der Waals surface area (Å²) in [6, 6.07) is 0. The first-order valence-electron chi connectivity index (χ1n) is 34.1. The first kappa shape index (κ1) is 73.4. The summed E-state index contributed by atoms with van der Waals surface area (Å²) in [5.74, 6) is 1.77. The Morgan fingerprint density at radius 3 is 0.693 bits per heavy atom. The molecular weight excluding hydrogens is 925 g/mol. The van der Waals surface area contributed by atoms with Crippen molar-refractivity contribution in [1.29, 1.82) is 0 Å². The highest BCUT2D eigenvalue weighted by atomic mass is 16.6. The van der Waals surface area contributed by atoms with Crippen LogP contribution in [0.3, 0.4) is 0 Å². The SMILES string of the molecule is CCC(C)CCCCCCCCCCCCCCCCCCCCC(=O)OC[C@@H](COC(=O)CCCCCCCCCCCCCCCCC(C)C)OC(=O)CCCCCCCCCCCCCCCCCC(C)C. The summed E-state index contributed by atoms with van der Waals surface area (Å²) in [4.78, 5) is 38.4. The van der Waals surface area contributed by atoms with Crippen molar-refractivity contribution in [1.82, 2.24) is 0 Å². The zero-order chi connectivity index (χ0) is 54.8. The van der Waals surface area contributed by atoms with Crippen molar-refractivity contribution in [2.45, 2.75) is 394 Å². The molecule has 0 amide bonds. The highest BCUT2D eigenvalue weighted by Gasteiger charge is 2.20. The molecule has 0 aliphatic carbocycles. The number of carbonyl (C=O) groups excluding carboxylic acids is 3. The van der Waals surface area contributed by atoms with E-state index in [-0.39, 0.29) is 31.1 Å². The van der Waals surface area contributed by atoms with Crippen LogP contribution < -0.4 is 0 Å². The van der Waals surface area contributed by atoms with Gasteiger partial charge in [0.25, 0.3) is 0 Å². The zero-order valence-electron chi connectivity index (χ0n) is 51.9. The van der Waals surface area contributed by atoms with Crippen molar-refractivity contribution < 1.29 is 28.6 Å². The molecule has 0 aliphatic heterocycles. The summed E-state index contributed by atoms with van der Waals surface area (Å²) < 4.78 is 17.0. The molecule has 0 saturated heterocycles. The number of unbranched alkanes of at least 4 members (excludes halogenated alkanes) is 44. The molecule has 75 heavy (non-hydrogen) atoms. The van der Waals surface area contributed by atoms with E-state index in [1.165, 1.54) is 270 Å². The van der Waals surface area contributed by atoms with E-state index in [1.54, 1.807) is 0 Å². The van der Waals surface area contributed by atoms with Crippen LogP contribution in [-0.4, -0.2) is 37.2 Å². The molecule has 0 spiro atoms. The van der Waals surface area contributed by atoms with Gasteiger partial charge in [-0.1, -0.05) is 350 Å². The average molecular weight is 1060 g/mol. The van der Waals surface area contributed by atoms with E-state index in [2.05, 4.69) is 41.5 Å². The summed E-state index contributed by atoms with van der Waals surface area (Å²) >= 11 is 0. The van der Waals surface area contributed by atoms with E-state index in [0.29, 0.717) is 19.3 Å². The van der Waals surface area contributed by atoms with Crippen molar-refractivity contribution in [2.75, 3.05) is 13.2 Å². The second kappa shape index (κ2) is 60.1. The monoisotopic (exact) mass is 1060 g/mol. The molecule has 0 radical (unpaired) electrons. The smallest absolute Gasteiger partial charge is 0.306 e. The molecule has 0 bridgehead atoms. The van der Waals surface area contributed by atoms with Gasteiger partial charge in [0.1, 0.15) is 13.2 Å². The Morgan fingerprint density at radius 1 is 0.267 bits per heavy atom. The largest absolute Gasteiger partial charge is 0.462 e. The topological polar surface area (TPSA) is 78.9 Å². The zero-order valence-corrected chi connectivity index (χ0v) is 51.9. The molecule has 0 aliphatic rings. The van der Waals surface area contributed by atoms with Crippen LogP contribution in [0.4, 0.5) is 0 Å². The minimum atomic E-state index is -0.765. The minimum absolute atomic E-state index is 0.0620. The van der Waals surface area contributed by atoms with E-state index in [1.807, 2.05) is 0 Å². The standard InChI is InChI=1S/C69H134O6/c1-7-65(6)57-51-45-39-33-27-21-14-10-8-9-11-15-22-28-34-40-46-52-58-67(70)73-61-66(62-74-68(71)59-53-47-41-35-29-23-18-17-20-26-32-38-44-50-56-64(4)5)75-69(72)60-54-48-42-36-30-24-16-12-13-19-25-31-37-43-49-55-63(2)3/h63-66H,7-62H2,1-6H3/t65?,66-/m0/s1. The van der Waals surface area contributed by atoms with Gasteiger partial charge in [-0.2, -0.15) is 0 Å². The van der Waals surface area contributed by atoms with Gasteiger partial charge in [-0.25, -0.2) is 0 Å². The fourth-order valence-electron chi connectivity index (χ4n) is 10.7. The molecule has 0 aromatic carbocycles. The number of carbonyl (C=O) groups is 3. The molecule has 446 valence electrons. The Kier molecular flexibility index (Phi) is 58.8. The van der Waals surface area contributed by atoms with E-state index < -0.39 is 6.10 Å². The Morgan fingerprint density at radius 2 is 0.467 bits per heavy atom. The maximum atomic E-state index is 12.9. The lowest BCUT2D eigenvalue weighted by atomic mass is 9.99. The Balaban J connectivity index is 4.27. The van der Waals surface area contributed by atoms with Crippen LogP contribution in [0.2, 0.25) is 0 Å². The van der Waals surface area contributed by atoms with E-state index in [0.717, 1.165) is 75.5 Å². The van der Waals surface area contributed by atoms with E-state index in [4.69, 9.17) is 14.2 Å². The number of esters is 3. The van der Waals surface area contributed by atoms with Crippen molar-refractivity contribution in [3.8, 4) is 0 Å². The third kappa shape index (κ3) is 61.5. The lowest BCUT2D eigenvalue weighted by molar-refractivity contribution is -0.167. The molecule has 0 saturated carbocycles. The van der Waals surface area contributed by atoms with Crippen molar-refractivity contribution in [3.05, 3.63) is 0 Å². The van der Waals surface area contributed by atoms with Gasteiger partial charge in [0, 0.05) is 19.3 Å². The van der Waals surface area contributed by atoms with Crippen molar-refractivity contribution >= 4 is 17.9 Å². The van der Waals surface area contributed by atoms with Gasteiger partial charge in [-0.15, -0.1) is 0 Å². The summed E-state index contributed by atoms with van der Waals surface area (Å²) in [5, 5.41) is 0. The van der Waals surface area contributed by atoms with Gasteiger partial charge in [0.2, 0.25) is 0 Å². The van der Waals surface area contributed by atoms with Gasteiger partial charge in [0.15, 0.2) is 6.10 Å². The summed E-state index contributed by atoms with van der Waals surface area (Å²) in [6.45, 7) is 13.9. The average Bonchev–Trinajstić information content (AvgIpc) is 3.39. The number of hydrogen-bond acceptors (Lipinski definition) is 6. The van der Waals surface area contributed by atoms with Crippen LogP contribution in [0, 0.1) is 17.8 Å². The quantitative estimate of drug-likeness (QED) is 0.0343. The molecule has 0 heterocycles. The lowest BCUT2D eigenvalue weighted by Gasteiger charge is -2.18. The number of ether oxygens (including phenoxy) is 3. The first-order chi connectivity index (χ1) is 36.6. The maximum absolute atomic E-state index is 12.9. The van der Waals surface area contributed by atoms with Crippen LogP contribution in [0.25, 0.3) is 0 Å². The Labute approximate surface area is 469 Å². The van der Waals surface area contributed by atoms with Crippen molar-refractivity contribution in [2.24, 2.45) is 17.8 Å². The molecule has 0 N–H and O–H groups in total. The van der Waals surface area contributed by atoms with Gasteiger partial charge < -0.3 is 14.2 Å². The fraction of sp³-hybridized carbons (Fsp3) is 0.957. The molecule has 0 fully saturated rings. The molecule has 0 aromatic heterocycles. The fourth-order valence-corrected chi connectivity index (χ4v) is 10.7. The third-order valence-electron chi connectivity index (χ3n) is 16.3. The van der Waals surface area contributed by atoms with Gasteiger partial charge >= 0.3 is 17.9 Å². The van der Waals surface area contributed by atoms with Crippen LogP contribution in [0.15, 0.2) is 0 Å². The van der Waals surface area contributed by atoms with Crippen molar-refractivity contribution in [3.63, 3.8) is 0 Å². The minimum Gasteiger partial charge on any atom is -0.462 e. The summed E-state index contributed by atoms with van der Waals surface area (Å²) in [5.41, 5.74) is 0.